The number of aryl methyl sites for hydroxylation is 1. The molecule has 5 heteroatoms. The molecule has 2 amide bonds. The van der Waals surface area contributed by atoms with Crippen LogP contribution in [0.5, 0.6) is 5.75 Å². The molecule has 0 spiro atoms. The highest BCUT2D eigenvalue weighted by Gasteiger charge is 2.61. The molecule has 5 nitrogen and oxygen atoms in total. The van der Waals surface area contributed by atoms with Crippen LogP contribution in [0.4, 0.5) is 5.69 Å². The van der Waals surface area contributed by atoms with Gasteiger partial charge in [0.25, 0.3) is 0 Å². The first-order valence-electron chi connectivity index (χ1n) is 10.2. The molecule has 2 bridgehead atoms. The second-order valence-electron chi connectivity index (χ2n) is 8.47. The van der Waals surface area contributed by atoms with Crippen molar-refractivity contribution >= 4 is 23.3 Å². The summed E-state index contributed by atoms with van der Waals surface area (Å²) in [6, 6.07) is 14.2. The third-order valence-electron chi connectivity index (χ3n) is 6.77. The SMILES string of the molecule is Cc1ccc(C(=O)COc2ccc(N3C(=O)[C@@H]4[C@H]5CC[C@H](C5)[C@@H]4C3=O)cc2)cc1. The fourth-order valence-corrected chi connectivity index (χ4v) is 5.33. The first kappa shape index (κ1) is 18.1. The van der Waals surface area contributed by atoms with E-state index in [1.807, 2.05) is 19.1 Å². The molecule has 0 N–H and O–H groups in total. The topological polar surface area (TPSA) is 63.7 Å². The average Bonchev–Trinajstić information content (AvgIpc) is 3.41. The van der Waals surface area contributed by atoms with E-state index in [1.54, 1.807) is 36.4 Å². The maximum absolute atomic E-state index is 12.9. The molecule has 0 aromatic heterocycles. The van der Waals surface area contributed by atoms with Crippen LogP contribution in [-0.4, -0.2) is 24.2 Å². The Morgan fingerprint density at radius 3 is 2.10 bits per heavy atom. The summed E-state index contributed by atoms with van der Waals surface area (Å²) in [6.45, 7) is 1.91. The van der Waals surface area contributed by atoms with Gasteiger partial charge in [0.1, 0.15) is 5.75 Å². The highest BCUT2D eigenvalue weighted by molar-refractivity contribution is 6.22. The molecule has 2 saturated carbocycles. The molecule has 1 saturated heterocycles. The Hall–Kier alpha value is -2.95. The summed E-state index contributed by atoms with van der Waals surface area (Å²) in [7, 11) is 0. The second-order valence-corrected chi connectivity index (χ2v) is 8.47. The highest BCUT2D eigenvalue weighted by Crippen LogP contribution is 2.56. The smallest absolute Gasteiger partial charge is 0.237 e. The van der Waals surface area contributed by atoms with Crippen molar-refractivity contribution in [1.82, 2.24) is 0 Å². The van der Waals surface area contributed by atoms with E-state index in [4.69, 9.17) is 4.74 Å². The van der Waals surface area contributed by atoms with Crippen LogP contribution < -0.4 is 9.64 Å². The van der Waals surface area contributed by atoms with Crippen molar-refractivity contribution in [3.8, 4) is 5.75 Å². The van der Waals surface area contributed by atoms with Crippen LogP contribution in [0.2, 0.25) is 0 Å². The number of ether oxygens (including phenoxy) is 1. The van der Waals surface area contributed by atoms with E-state index in [9.17, 15) is 14.4 Å². The molecule has 1 aliphatic heterocycles. The Kier molecular flexibility index (Phi) is 4.26. The lowest BCUT2D eigenvalue weighted by molar-refractivity contribution is -0.123. The average molecular weight is 389 g/mol. The molecule has 148 valence electrons. The van der Waals surface area contributed by atoms with Gasteiger partial charge in [-0.2, -0.15) is 0 Å². The summed E-state index contributed by atoms with van der Waals surface area (Å²) in [5, 5.41) is 0. The van der Waals surface area contributed by atoms with Crippen molar-refractivity contribution in [2.75, 3.05) is 11.5 Å². The van der Waals surface area contributed by atoms with E-state index < -0.39 is 0 Å². The van der Waals surface area contributed by atoms with E-state index >= 15 is 0 Å². The molecule has 0 radical (unpaired) electrons. The number of Topliss-reactive ketones (excluding diaryl/α,β-unsaturated/α-hetero) is 1. The van der Waals surface area contributed by atoms with Crippen molar-refractivity contribution in [2.24, 2.45) is 23.7 Å². The van der Waals surface area contributed by atoms with E-state index in [1.165, 1.54) is 4.90 Å². The molecule has 0 unspecified atom stereocenters. The Bertz CT molecular complexity index is 951. The molecule has 3 fully saturated rings. The van der Waals surface area contributed by atoms with Crippen LogP contribution in [0.25, 0.3) is 0 Å². The van der Waals surface area contributed by atoms with Crippen molar-refractivity contribution in [3.63, 3.8) is 0 Å². The lowest BCUT2D eigenvalue weighted by atomic mass is 9.81. The van der Waals surface area contributed by atoms with Crippen molar-refractivity contribution < 1.29 is 19.1 Å². The van der Waals surface area contributed by atoms with Gasteiger partial charge >= 0.3 is 0 Å². The highest BCUT2D eigenvalue weighted by atomic mass is 16.5. The summed E-state index contributed by atoms with van der Waals surface area (Å²) in [5.41, 5.74) is 2.30. The zero-order chi connectivity index (χ0) is 20.1. The summed E-state index contributed by atoms with van der Waals surface area (Å²) in [5.74, 6) is 0.860. The molecule has 5 rings (SSSR count). The van der Waals surface area contributed by atoms with E-state index in [0.29, 0.717) is 28.8 Å². The summed E-state index contributed by atoms with van der Waals surface area (Å²) >= 11 is 0. The summed E-state index contributed by atoms with van der Waals surface area (Å²) in [4.78, 5) is 39.4. The van der Waals surface area contributed by atoms with Crippen LogP contribution in [0.3, 0.4) is 0 Å². The molecule has 2 aromatic rings. The molecule has 3 aliphatic rings. The Morgan fingerprint density at radius 1 is 0.931 bits per heavy atom. The molecule has 1 heterocycles. The first-order chi connectivity index (χ1) is 14.0. The maximum Gasteiger partial charge on any atom is 0.237 e. The van der Waals surface area contributed by atoms with Gasteiger partial charge in [0.2, 0.25) is 11.8 Å². The van der Waals surface area contributed by atoms with Crippen LogP contribution >= 0.6 is 0 Å². The van der Waals surface area contributed by atoms with Gasteiger partial charge in [-0.15, -0.1) is 0 Å². The van der Waals surface area contributed by atoms with Gasteiger partial charge in [-0.3, -0.25) is 19.3 Å². The van der Waals surface area contributed by atoms with Crippen molar-refractivity contribution in [3.05, 3.63) is 59.7 Å². The molecular weight excluding hydrogens is 366 g/mol. The van der Waals surface area contributed by atoms with Crippen molar-refractivity contribution in [1.29, 1.82) is 0 Å². The van der Waals surface area contributed by atoms with E-state index in [-0.39, 0.29) is 36.0 Å². The van der Waals surface area contributed by atoms with Crippen molar-refractivity contribution in [2.45, 2.75) is 26.2 Å². The van der Waals surface area contributed by atoms with Crippen LogP contribution in [0.15, 0.2) is 48.5 Å². The molecule has 29 heavy (non-hydrogen) atoms. The maximum atomic E-state index is 12.9. The predicted octanol–water partition coefficient (Wildman–Crippen LogP) is 3.79. The lowest BCUT2D eigenvalue weighted by Gasteiger charge is -2.19. The number of ketones is 1. The Morgan fingerprint density at radius 2 is 1.52 bits per heavy atom. The minimum atomic E-state index is -0.121. The summed E-state index contributed by atoms with van der Waals surface area (Å²) in [6.07, 6.45) is 3.17. The zero-order valence-electron chi connectivity index (χ0n) is 16.3. The third kappa shape index (κ3) is 2.96. The number of hydrogen-bond donors (Lipinski definition) is 0. The van der Waals surface area contributed by atoms with Crippen LogP contribution in [0.1, 0.15) is 35.2 Å². The fraction of sp³-hybridized carbons (Fsp3) is 0.375. The molecular formula is C24H23NO4. The van der Waals surface area contributed by atoms with Crippen LogP contribution in [0, 0.1) is 30.6 Å². The monoisotopic (exact) mass is 389 g/mol. The van der Waals surface area contributed by atoms with Gasteiger partial charge in [-0.05, 0) is 62.3 Å². The van der Waals surface area contributed by atoms with Gasteiger partial charge in [-0.1, -0.05) is 29.8 Å². The molecule has 2 aliphatic carbocycles. The van der Waals surface area contributed by atoms with Gasteiger partial charge < -0.3 is 4.74 Å². The Labute approximate surface area is 169 Å². The second kappa shape index (κ2) is 6.83. The molecule has 2 aromatic carbocycles. The number of anilines is 1. The number of carbonyl (C=O) groups is 3. The number of rotatable bonds is 5. The largest absolute Gasteiger partial charge is 0.485 e. The normalized spacial score (nSPS) is 27.4. The van der Waals surface area contributed by atoms with Gasteiger partial charge in [0.05, 0.1) is 17.5 Å². The third-order valence-corrected chi connectivity index (χ3v) is 6.77. The first-order valence-corrected chi connectivity index (χ1v) is 10.2. The zero-order valence-corrected chi connectivity index (χ0v) is 16.3. The molecule has 4 atom stereocenters. The lowest BCUT2D eigenvalue weighted by Crippen LogP contribution is -2.32. The van der Waals surface area contributed by atoms with E-state index in [0.717, 1.165) is 24.8 Å². The summed E-state index contributed by atoms with van der Waals surface area (Å²) < 4.78 is 5.60. The predicted molar refractivity (Wildman–Crippen MR) is 108 cm³/mol. The number of carbonyl (C=O) groups excluding carboxylic acids is 3. The number of imide groups is 1. The number of benzene rings is 2. The fourth-order valence-electron chi connectivity index (χ4n) is 5.33. The minimum Gasteiger partial charge on any atom is -0.485 e. The van der Waals surface area contributed by atoms with Gasteiger partial charge in [-0.25, -0.2) is 0 Å². The Balaban J connectivity index is 1.26. The van der Waals surface area contributed by atoms with Gasteiger partial charge in [0.15, 0.2) is 12.4 Å². The number of fused-ring (bicyclic) bond motifs is 5. The number of nitrogens with zero attached hydrogens (tertiary/aromatic N) is 1. The number of hydrogen-bond acceptors (Lipinski definition) is 4. The quantitative estimate of drug-likeness (QED) is 0.577. The standard InChI is InChI=1S/C24H23NO4/c1-14-2-4-15(5-3-14)20(26)13-29-19-10-8-18(9-11-19)25-23(27)21-16-6-7-17(12-16)22(21)24(25)28/h2-5,8-11,16-17,21-22H,6-7,12-13H2,1H3/t16-,17+,21+,22-. The van der Waals surface area contributed by atoms with E-state index in [2.05, 4.69) is 0 Å². The minimum absolute atomic E-state index is 0.0459. The number of amides is 2. The van der Waals surface area contributed by atoms with Gasteiger partial charge in [0, 0.05) is 5.56 Å². The van der Waals surface area contributed by atoms with Crippen LogP contribution in [-0.2, 0) is 9.59 Å².